The summed E-state index contributed by atoms with van der Waals surface area (Å²) < 4.78 is 35.0. The predicted octanol–water partition coefficient (Wildman–Crippen LogP) is 1.76. The Morgan fingerprint density at radius 3 is 2.60 bits per heavy atom. The highest BCUT2D eigenvalue weighted by Crippen LogP contribution is 2.38. The van der Waals surface area contributed by atoms with E-state index in [1.807, 2.05) is 0 Å². The molecule has 20 heavy (non-hydrogen) atoms. The van der Waals surface area contributed by atoms with Crippen LogP contribution in [0.3, 0.4) is 0 Å². The predicted molar refractivity (Wildman–Crippen MR) is 71.6 cm³/mol. The molecule has 0 aliphatic carbocycles. The monoisotopic (exact) mass is 366 g/mol. The van der Waals surface area contributed by atoms with Gasteiger partial charge in [-0.3, -0.25) is 14.9 Å². The smallest absolute Gasteiger partial charge is 0.304 e. The van der Waals surface area contributed by atoms with Crippen LogP contribution in [0.4, 0.5) is 15.3 Å². The lowest BCUT2D eigenvalue weighted by Crippen LogP contribution is -2.27. The maximum absolute atomic E-state index is 13.0. The van der Waals surface area contributed by atoms with Crippen LogP contribution < -0.4 is 4.90 Å². The van der Waals surface area contributed by atoms with E-state index in [0.717, 1.165) is 4.90 Å². The maximum Gasteiger partial charge on any atom is 0.307 e. The number of anilines is 1. The zero-order chi connectivity index (χ0) is 15.1. The van der Waals surface area contributed by atoms with E-state index >= 15 is 0 Å². The Morgan fingerprint density at radius 2 is 2.10 bits per heavy atom. The number of amides is 1. The van der Waals surface area contributed by atoms with Gasteiger partial charge in [-0.1, -0.05) is 6.07 Å². The van der Waals surface area contributed by atoms with Crippen molar-refractivity contribution >= 4 is 43.4 Å². The fourth-order valence-electron chi connectivity index (χ4n) is 2.00. The van der Waals surface area contributed by atoms with Crippen LogP contribution in [0.25, 0.3) is 0 Å². The zero-order valence-corrected chi connectivity index (χ0v) is 12.2. The molecule has 1 aliphatic heterocycles. The number of nitrogens with zero attached hydrogens (tertiary/aromatic N) is 2. The van der Waals surface area contributed by atoms with Gasteiger partial charge in [-0.05, 0) is 22.0 Å². The molecular weight excluding hydrogens is 359 g/mol. The Labute approximate surface area is 121 Å². The van der Waals surface area contributed by atoms with E-state index in [9.17, 15) is 27.2 Å². The van der Waals surface area contributed by atoms with Gasteiger partial charge in [0, 0.05) is 23.5 Å². The highest BCUT2D eigenvalue weighted by Gasteiger charge is 2.41. The first-order valence-corrected chi connectivity index (χ1v) is 7.62. The molecule has 10 heteroatoms. The van der Waals surface area contributed by atoms with Gasteiger partial charge in [0.05, 0.1) is 4.92 Å². The number of halogens is 2. The standard InChI is InChI=1S/C10H8BrFN2O5S/c11-7-2-1-3-8(14(16)17)10(7)13-5-6(4-9(13)15)20(12,18)19/h1-3,6H,4-5H2. The van der Waals surface area contributed by atoms with E-state index in [4.69, 9.17) is 0 Å². The zero-order valence-electron chi connectivity index (χ0n) is 9.82. The lowest BCUT2D eigenvalue weighted by molar-refractivity contribution is -0.384. The summed E-state index contributed by atoms with van der Waals surface area (Å²) in [6.45, 7) is -0.443. The number of para-hydroxylation sites is 1. The minimum absolute atomic E-state index is 0.0614. The Bertz CT molecular complexity index is 693. The summed E-state index contributed by atoms with van der Waals surface area (Å²) >= 11 is 3.08. The van der Waals surface area contributed by atoms with Crippen molar-refractivity contribution in [1.29, 1.82) is 0 Å². The first-order chi connectivity index (χ1) is 9.21. The average Bonchev–Trinajstić information content (AvgIpc) is 2.70. The molecule has 1 unspecified atom stereocenters. The van der Waals surface area contributed by atoms with Crippen LogP contribution in [-0.2, 0) is 15.0 Å². The van der Waals surface area contributed by atoms with E-state index in [2.05, 4.69) is 15.9 Å². The van der Waals surface area contributed by atoms with Crippen LogP contribution in [-0.4, -0.2) is 31.0 Å². The van der Waals surface area contributed by atoms with E-state index in [0.29, 0.717) is 0 Å². The van der Waals surface area contributed by atoms with Crippen LogP contribution >= 0.6 is 15.9 Å². The van der Waals surface area contributed by atoms with Gasteiger partial charge in [0.25, 0.3) is 5.69 Å². The number of carbonyl (C=O) groups is 1. The first kappa shape index (κ1) is 14.9. The van der Waals surface area contributed by atoms with Gasteiger partial charge >= 0.3 is 10.2 Å². The Balaban J connectivity index is 2.48. The van der Waals surface area contributed by atoms with Crippen LogP contribution in [0.15, 0.2) is 22.7 Å². The summed E-state index contributed by atoms with van der Waals surface area (Å²) in [6, 6.07) is 4.08. The molecule has 1 aromatic rings. The highest BCUT2D eigenvalue weighted by molar-refractivity contribution is 9.10. The molecule has 108 valence electrons. The minimum atomic E-state index is -4.87. The van der Waals surface area contributed by atoms with E-state index in [-0.39, 0.29) is 15.8 Å². The van der Waals surface area contributed by atoms with Crippen LogP contribution in [0.5, 0.6) is 0 Å². The molecule has 1 aliphatic rings. The van der Waals surface area contributed by atoms with Crippen LogP contribution in [0.2, 0.25) is 0 Å². The third-order valence-corrected chi connectivity index (χ3v) is 4.67. The molecule has 0 spiro atoms. The molecule has 1 aromatic carbocycles. The molecule has 1 fully saturated rings. The Hall–Kier alpha value is -1.55. The molecule has 0 N–H and O–H groups in total. The van der Waals surface area contributed by atoms with Crippen molar-refractivity contribution in [2.24, 2.45) is 0 Å². The molecule has 1 heterocycles. The molecule has 1 amide bonds. The fraction of sp³-hybridized carbons (Fsp3) is 0.300. The SMILES string of the molecule is O=C1CC(S(=O)(=O)F)CN1c1c(Br)cccc1[N+](=O)[O-]. The van der Waals surface area contributed by atoms with E-state index in [1.165, 1.54) is 18.2 Å². The van der Waals surface area contributed by atoms with Gasteiger partial charge < -0.3 is 4.90 Å². The number of hydrogen-bond donors (Lipinski definition) is 0. The fourth-order valence-corrected chi connectivity index (χ4v) is 3.24. The van der Waals surface area contributed by atoms with Gasteiger partial charge in [-0.2, -0.15) is 8.42 Å². The second-order valence-electron chi connectivity index (χ2n) is 4.17. The number of benzene rings is 1. The molecule has 0 bridgehead atoms. The summed E-state index contributed by atoms with van der Waals surface area (Å²) in [4.78, 5) is 23.0. The quantitative estimate of drug-likeness (QED) is 0.461. The van der Waals surface area contributed by atoms with Crippen molar-refractivity contribution in [1.82, 2.24) is 0 Å². The van der Waals surface area contributed by atoms with Crippen molar-refractivity contribution < 1.29 is 22.0 Å². The average molecular weight is 367 g/mol. The molecule has 1 atom stereocenters. The summed E-state index contributed by atoms with van der Waals surface area (Å²) in [5, 5.41) is 9.47. The summed E-state index contributed by atoms with van der Waals surface area (Å²) in [5.74, 6) is -0.675. The third-order valence-electron chi connectivity index (χ3n) is 2.92. The van der Waals surface area contributed by atoms with Gasteiger partial charge in [-0.25, -0.2) is 0 Å². The highest BCUT2D eigenvalue weighted by atomic mass is 79.9. The maximum atomic E-state index is 13.0. The first-order valence-electron chi connectivity index (χ1n) is 5.38. The van der Waals surface area contributed by atoms with Gasteiger partial charge in [0.15, 0.2) is 0 Å². The number of nitro groups is 1. The van der Waals surface area contributed by atoms with Gasteiger partial charge in [-0.15, -0.1) is 3.89 Å². The van der Waals surface area contributed by atoms with E-state index < -0.39 is 39.3 Å². The summed E-state index contributed by atoms with van der Waals surface area (Å²) in [6.07, 6.45) is -0.530. The number of hydrogen-bond acceptors (Lipinski definition) is 5. The molecule has 2 rings (SSSR count). The molecule has 7 nitrogen and oxygen atoms in total. The molecular formula is C10H8BrFN2O5S. The molecule has 0 aromatic heterocycles. The molecule has 1 saturated heterocycles. The van der Waals surface area contributed by atoms with Crippen molar-refractivity contribution in [2.45, 2.75) is 11.7 Å². The minimum Gasteiger partial charge on any atom is -0.304 e. The van der Waals surface area contributed by atoms with E-state index in [1.54, 1.807) is 0 Å². The van der Waals surface area contributed by atoms with Crippen LogP contribution in [0.1, 0.15) is 6.42 Å². The normalized spacial score (nSPS) is 19.4. The van der Waals surface area contributed by atoms with Crippen LogP contribution in [0, 0.1) is 10.1 Å². The van der Waals surface area contributed by atoms with Crippen molar-refractivity contribution in [3.8, 4) is 0 Å². The second-order valence-corrected chi connectivity index (χ2v) is 6.64. The Kier molecular flexibility index (Phi) is 3.78. The summed E-state index contributed by atoms with van der Waals surface area (Å²) in [7, 11) is -4.87. The topological polar surface area (TPSA) is 97.6 Å². The molecule has 0 saturated carbocycles. The summed E-state index contributed by atoms with van der Waals surface area (Å²) in [5.41, 5.74) is -0.418. The number of carbonyl (C=O) groups excluding carboxylic acids is 1. The van der Waals surface area contributed by atoms with Crippen molar-refractivity contribution in [3.05, 3.63) is 32.8 Å². The Morgan fingerprint density at radius 1 is 1.45 bits per heavy atom. The third kappa shape index (κ3) is 2.66. The van der Waals surface area contributed by atoms with Crippen molar-refractivity contribution in [3.63, 3.8) is 0 Å². The number of rotatable bonds is 3. The molecule has 0 radical (unpaired) electrons. The second kappa shape index (κ2) is 5.09. The largest absolute Gasteiger partial charge is 0.307 e. The lowest BCUT2D eigenvalue weighted by atomic mass is 10.2. The van der Waals surface area contributed by atoms with Gasteiger partial charge in [0.2, 0.25) is 5.91 Å². The van der Waals surface area contributed by atoms with Gasteiger partial charge in [0.1, 0.15) is 10.9 Å². The van der Waals surface area contributed by atoms with Crippen molar-refractivity contribution in [2.75, 3.05) is 11.4 Å². The number of nitro benzene ring substituents is 1. The lowest BCUT2D eigenvalue weighted by Gasteiger charge is -2.17.